The van der Waals surface area contributed by atoms with E-state index in [9.17, 15) is 15.0 Å². The van der Waals surface area contributed by atoms with Crippen LogP contribution in [0.3, 0.4) is 0 Å². The fourth-order valence-corrected chi connectivity index (χ4v) is 1.25. The minimum atomic E-state index is -1.22. The largest absolute Gasteiger partial charge is 0.504 e. The molecule has 3 N–H and O–H groups in total. The van der Waals surface area contributed by atoms with Crippen molar-refractivity contribution >= 4 is 16.9 Å². The molecule has 0 atom stereocenters. The third-order valence-electron chi connectivity index (χ3n) is 1.93. The number of nitrogens with zero attached hydrogens (tertiary/aromatic N) is 2. The number of rotatable bonds is 1. The number of hydrogen-bond acceptors (Lipinski definition) is 5. The molecule has 0 fully saturated rings. The number of carboxylic acid groups (broad SMARTS) is 1. The number of hydrogen-bond donors (Lipinski definition) is 3. The van der Waals surface area contributed by atoms with Gasteiger partial charge in [0.25, 0.3) is 0 Å². The first-order valence-corrected chi connectivity index (χ1v) is 3.99. The third kappa shape index (κ3) is 1.41. The number of benzene rings is 1. The van der Waals surface area contributed by atoms with Gasteiger partial charge < -0.3 is 15.3 Å². The Labute approximate surface area is 83.5 Å². The molecule has 0 aliphatic heterocycles. The SMILES string of the molecule is O=C(O)c1ncnc2cc(O)c(O)cc12. The number of carboxylic acids is 1. The molecule has 6 nitrogen and oxygen atoms in total. The minimum absolute atomic E-state index is 0.181. The van der Waals surface area contributed by atoms with Gasteiger partial charge >= 0.3 is 5.97 Å². The van der Waals surface area contributed by atoms with Gasteiger partial charge in [-0.2, -0.15) is 0 Å². The van der Waals surface area contributed by atoms with E-state index in [2.05, 4.69) is 9.97 Å². The molecule has 0 bridgehead atoms. The molecular formula is C9H6N2O4. The highest BCUT2D eigenvalue weighted by Gasteiger charge is 2.13. The summed E-state index contributed by atoms with van der Waals surface area (Å²) in [6.07, 6.45) is 1.09. The lowest BCUT2D eigenvalue weighted by Crippen LogP contribution is -2.01. The zero-order chi connectivity index (χ0) is 11.0. The Kier molecular flexibility index (Phi) is 1.89. The van der Waals surface area contributed by atoms with E-state index < -0.39 is 11.7 Å². The summed E-state index contributed by atoms with van der Waals surface area (Å²) in [6, 6.07) is 2.30. The van der Waals surface area contributed by atoms with Crippen molar-refractivity contribution in [2.45, 2.75) is 0 Å². The van der Waals surface area contributed by atoms with Crippen LogP contribution in [-0.2, 0) is 0 Å². The first-order valence-electron chi connectivity index (χ1n) is 3.99. The number of aromatic carboxylic acids is 1. The van der Waals surface area contributed by atoms with Crippen molar-refractivity contribution in [1.29, 1.82) is 0 Å². The molecule has 1 aromatic heterocycles. The maximum absolute atomic E-state index is 10.8. The Morgan fingerprint density at radius 3 is 2.47 bits per heavy atom. The Morgan fingerprint density at radius 2 is 1.80 bits per heavy atom. The lowest BCUT2D eigenvalue weighted by Gasteiger charge is -2.02. The van der Waals surface area contributed by atoms with Crippen molar-refractivity contribution in [3.63, 3.8) is 0 Å². The topological polar surface area (TPSA) is 104 Å². The average molecular weight is 206 g/mol. The van der Waals surface area contributed by atoms with Crippen molar-refractivity contribution in [2.24, 2.45) is 0 Å². The van der Waals surface area contributed by atoms with Gasteiger partial charge in [-0.3, -0.25) is 0 Å². The van der Waals surface area contributed by atoms with Crippen LogP contribution in [0.2, 0.25) is 0 Å². The predicted molar refractivity (Wildman–Crippen MR) is 49.8 cm³/mol. The van der Waals surface area contributed by atoms with Crippen molar-refractivity contribution in [2.75, 3.05) is 0 Å². The van der Waals surface area contributed by atoms with Crippen molar-refractivity contribution in [1.82, 2.24) is 9.97 Å². The van der Waals surface area contributed by atoms with Crippen molar-refractivity contribution in [3.8, 4) is 11.5 Å². The third-order valence-corrected chi connectivity index (χ3v) is 1.93. The number of aromatic nitrogens is 2. The second-order valence-electron chi connectivity index (χ2n) is 2.89. The van der Waals surface area contributed by atoms with Crippen LogP contribution in [0.15, 0.2) is 18.5 Å². The summed E-state index contributed by atoms with van der Waals surface area (Å²) in [4.78, 5) is 18.1. The molecule has 0 aliphatic carbocycles. The molecule has 0 spiro atoms. The van der Waals surface area contributed by atoms with E-state index in [1.165, 1.54) is 6.07 Å². The second-order valence-corrected chi connectivity index (χ2v) is 2.89. The van der Waals surface area contributed by atoms with Crippen LogP contribution in [0.25, 0.3) is 10.9 Å². The molecule has 1 aromatic carbocycles. The summed E-state index contributed by atoms with van der Waals surface area (Å²) in [5, 5.41) is 27.4. The summed E-state index contributed by atoms with van der Waals surface area (Å²) in [6.45, 7) is 0. The summed E-state index contributed by atoms with van der Waals surface area (Å²) in [5.74, 6) is -1.97. The molecule has 0 aliphatic rings. The average Bonchev–Trinajstić information content (AvgIpc) is 2.18. The van der Waals surface area contributed by atoms with Crippen LogP contribution in [0.4, 0.5) is 0 Å². The van der Waals surface area contributed by atoms with Gasteiger partial charge in [0.05, 0.1) is 5.52 Å². The van der Waals surface area contributed by atoms with Crippen LogP contribution in [-0.4, -0.2) is 31.3 Å². The fourth-order valence-electron chi connectivity index (χ4n) is 1.25. The first-order chi connectivity index (χ1) is 7.09. The number of aromatic hydroxyl groups is 2. The van der Waals surface area contributed by atoms with Crippen molar-refractivity contribution < 1.29 is 20.1 Å². The highest BCUT2D eigenvalue weighted by molar-refractivity contribution is 6.01. The second kappa shape index (κ2) is 3.09. The molecule has 0 unspecified atom stereocenters. The first kappa shape index (κ1) is 9.20. The summed E-state index contributed by atoms with van der Waals surface area (Å²) < 4.78 is 0. The molecule has 0 saturated carbocycles. The van der Waals surface area contributed by atoms with Gasteiger partial charge in [-0.1, -0.05) is 0 Å². The van der Waals surface area contributed by atoms with Crippen LogP contribution < -0.4 is 0 Å². The number of phenols is 2. The van der Waals surface area contributed by atoms with E-state index in [0.29, 0.717) is 0 Å². The normalized spacial score (nSPS) is 10.4. The van der Waals surface area contributed by atoms with Gasteiger partial charge in [-0.05, 0) is 6.07 Å². The van der Waals surface area contributed by atoms with Crippen LogP contribution >= 0.6 is 0 Å². The summed E-state index contributed by atoms with van der Waals surface area (Å²) in [7, 11) is 0. The zero-order valence-corrected chi connectivity index (χ0v) is 7.38. The smallest absolute Gasteiger partial charge is 0.355 e. The minimum Gasteiger partial charge on any atom is -0.504 e. The fraction of sp³-hybridized carbons (Fsp3) is 0. The van der Waals surface area contributed by atoms with Gasteiger partial charge in [0.2, 0.25) is 0 Å². The quantitative estimate of drug-likeness (QED) is 0.594. The zero-order valence-electron chi connectivity index (χ0n) is 7.38. The molecule has 15 heavy (non-hydrogen) atoms. The maximum Gasteiger partial charge on any atom is 0.355 e. The van der Waals surface area contributed by atoms with E-state index >= 15 is 0 Å². The Hall–Kier alpha value is -2.37. The Morgan fingerprint density at radius 1 is 1.13 bits per heavy atom. The molecule has 6 heteroatoms. The maximum atomic E-state index is 10.8. The Balaban J connectivity index is 2.86. The highest BCUT2D eigenvalue weighted by atomic mass is 16.4. The van der Waals surface area contributed by atoms with E-state index in [4.69, 9.17) is 5.11 Å². The predicted octanol–water partition coefficient (Wildman–Crippen LogP) is 0.739. The monoisotopic (exact) mass is 206 g/mol. The number of fused-ring (bicyclic) bond motifs is 1. The molecule has 0 radical (unpaired) electrons. The van der Waals surface area contributed by atoms with Gasteiger partial charge in [-0.15, -0.1) is 0 Å². The van der Waals surface area contributed by atoms with Gasteiger partial charge in [0, 0.05) is 11.5 Å². The molecule has 2 aromatic rings. The van der Waals surface area contributed by atoms with Gasteiger partial charge in [0.1, 0.15) is 6.33 Å². The number of phenolic OH excluding ortho intramolecular Hbond substituents is 2. The molecule has 2 rings (SSSR count). The molecule has 0 saturated heterocycles. The van der Waals surface area contributed by atoms with Crippen molar-refractivity contribution in [3.05, 3.63) is 24.2 Å². The molecule has 0 amide bonds. The number of carbonyl (C=O) groups is 1. The lowest BCUT2D eigenvalue weighted by atomic mass is 10.1. The lowest BCUT2D eigenvalue weighted by molar-refractivity contribution is 0.0692. The Bertz CT molecular complexity index is 553. The van der Waals surface area contributed by atoms with E-state index in [1.807, 2.05) is 0 Å². The van der Waals surface area contributed by atoms with Crippen LogP contribution in [0, 0.1) is 0 Å². The molecule has 1 heterocycles. The van der Waals surface area contributed by atoms with Gasteiger partial charge in [-0.25, -0.2) is 14.8 Å². The summed E-state index contributed by atoms with van der Waals surface area (Å²) >= 11 is 0. The van der Waals surface area contributed by atoms with E-state index in [0.717, 1.165) is 12.4 Å². The van der Waals surface area contributed by atoms with E-state index in [1.54, 1.807) is 0 Å². The van der Waals surface area contributed by atoms with Gasteiger partial charge in [0.15, 0.2) is 17.2 Å². The van der Waals surface area contributed by atoms with Crippen LogP contribution in [0.5, 0.6) is 11.5 Å². The summed E-state index contributed by atoms with van der Waals surface area (Å²) in [5.41, 5.74) is 0.0491. The highest BCUT2D eigenvalue weighted by Crippen LogP contribution is 2.29. The van der Waals surface area contributed by atoms with Crippen LogP contribution in [0.1, 0.15) is 10.5 Å². The molecular weight excluding hydrogens is 200 g/mol. The van der Waals surface area contributed by atoms with E-state index in [-0.39, 0.29) is 22.3 Å². The molecule has 76 valence electrons. The standard InChI is InChI=1S/C9H6N2O4/c12-6-1-4-5(2-7(6)13)10-3-11-8(4)9(14)15/h1-3,12-13H,(H,14,15).